The molecule has 1 aromatic rings. The van der Waals surface area contributed by atoms with E-state index in [0.29, 0.717) is 18.4 Å². The molecule has 1 aromatic carbocycles. The van der Waals surface area contributed by atoms with Crippen LogP contribution in [0.15, 0.2) is 35.9 Å². The Hall–Kier alpha value is -2.45. The van der Waals surface area contributed by atoms with Crippen molar-refractivity contribution in [3.05, 3.63) is 47.0 Å². The first-order valence-corrected chi connectivity index (χ1v) is 5.98. The summed E-state index contributed by atoms with van der Waals surface area (Å²) in [4.78, 5) is 11.1. The van der Waals surface area contributed by atoms with Crippen molar-refractivity contribution < 1.29 is 9.53 Å². The number of rotatable bonds is 3. The van der Waals surface area contributed by atoms with Crippen LogP contribution >= 0.6 is 0 Å². The number of ether oxygens (including phenoxy) is 1. The lowest BCUT2D eigenvalue weighted by Gasteiger charge is -1.97. The number of hydrogen-bond acceptors (Lipinski definition) is 2. The molecule has 0 saturated carbocycles. The monoisotopic (exact) mass is 252 g/mol. The molecule has 0 radical (unpaired) electrons. The van der Waals surface area contributed by atoms with E-state index >= 15 is 0 Å². The molecular weight excluding hydrogens is 236 g/mol. The van der Waals surface area contributed by atoms with E-state index in [1.54, 1.807) is 6.92 Å². The zero-order valence-corrected chi connectivity index (χ0v) is 11.2. The Labute approximate surface area is 114 Å². The molecule has 0 aromatic heterocycles. The maximum absolute atomic E-state index is 11.1. The van der Waals surface area contributed by atoms with Crippen LogP contribution in [-0.4, -0.2) is 13.1 Å². The minimum atomic E-state index is -0.300. The largest absolute Gasteiger partial charge is 0.466 e. The number of terminal acetylenes is 1. The second kappa shape index (κ2) is 7.80. The molecule has 0 spiro atoms. The molecule has 19 heavy (non-hydrogen) atoms. The summed E-state index contributed by atoms with van der Waals surface area (Å²) in [5.41, 5.74) is 2.27. The summed E-state index contributed by atoms with van der Waals surface area (Å²) in [6, 6.07) is 7.57. The fraction of sp³-hybridized carbons (Fsp3) is 0.235. The zero-order valence-electron chi connectivity index (χ0n) is 11.2. The van der Waals surface area contributed by atoms with Gasteiger partial charge in [-0.05, 0) is 25.5 Å². The number of unbranched alkanes of at least 4 members (excludes halogenated alkanes) is 1. The molecule has 0 bridgehead atoms. The van der Waals surface area contributed by atoms with Crippen LogP contribution in [0.4, 0.5) is 0 Å². The van der Waals surface area contributed by atoms with Crippen LogP contribution in [0.3, 0.4) is 0 Å². The maximum Gasteiger partial charge on any atom is 0.333 e. The maximum atomic E-state index is 11.1. The van der Waals surface area contributed by atoms with Crippen molar-refractivity contribution in [3.8, 4) is 24.2 Å². The average molecular weight is 252 g/mol. The first-order valence-electron chi connectivity index (χ1n) is 5.98. The third-order valence-electron chi connectivity index (χ3n) is 2.53. The van der Waals surface area contributed by atoms with E-state index in [1.165, 1.54) is 7.11 Å². The molecule has 0 aliphatic rings. The van der Waals surface area contributed by atoms with Gasteiger partial charge in [-0.1, -0.05) is 36.0 Å². The van der Waals surface area contributed by atoms with Crippen molar-refractivity contribution in [1.29, 1.82) is 0 Å². The molecule has 0 aliphatic carbocycles. The molecule has 96 valence electrons. The highest BCUT2D eigenvalue weighted by atomic mass is 16.5. The number of benzene rings is 1. The van der Waals surface area contributed by atoms with Crippen molar-refractivity contribution in [3.63, 3.8) is 0 Å². The predicted octanol–water partition coefficient (Wildman–Crippen LogP) is 2.92. The van der Waals surface area contributed by atoms with E-state index in [0.717, 1.165) is 11.1 Å². The minimum absolute atomic E-state index is 0.300. The van der Waals surface area contributed by atoms with Gasteiger partial charge in [0.25, 0.3) is 0 Å². The van der Waals surface area contributed by atoms with Gasteiger partial charge >= 0.3 is 5.97 Å². The van der Waals surface area contributed by atoms with Gasteiger partial charge in [0.05, 0.1) is 7.11 Å². The molecule has 0 saturated heterocycles. The first kappa shape index (κ1) is 14.6. The Morgan fingerprint density at radius 1 is 1.37 bits per heavy atom. The van der Waals surface area contributed by atoms with E-state index in [-0.39, 0.29) is 5.97 Å². The number of carbonyl (C=O) groups is 1. The molecule has 0 N–H and O–H groups in total. The van der Waals surface area contributed by atoms with Crippen LogP contribution in [0.5, 0.6) is 0 Å². The Balaban J connectivity index is 2.58. The smallest absolute Gasteiger partial charge is 0.333 e. The van der Waals surface area contributed by atoms with Crippen molar-refractivity contribution >= 4 is 5.97 Å². The summed E-state index contributed by atoms with van der Waals surface area (Å²) < 4.78 is 4.60. The Kier molecular flexibility index (Phi) is 5.99. The topological polar surface area (TPSA) is 26.3 Å². The number of esters is 1. The predicted molar refractivity (Wildman–Crippen MR) is 76.3 cm³/mol. The fourth-order valence-electron chi connectivity index (χ4n) is 1.48. The van der Waals surface area contributed by atoms with Gasteiger partial charge in [-0.3, -0.25) is 0 Å². The fourth-order valence-corrected chi connectivity index (χ4v) is 1.48. The van der Waals surface area contributed by atoms with Crippen LogP contribution in [-0.2, 0) is 9.53 Å². The van der Waals surface area contributed by atoms with Gasteiger partial charge in [0.15, 0.2) is 0 Å². The van der Waals surface area contributed by atoms with Crippen molar-refractivity contribution in [2.24, 2.45) is 0 Å². The van der Waals surface area contributed by atoms with Crippen LogP contribution in [0, 0.1) is 24.2 Å². The molecular formula is C17H16O2. The third kappa shape index (κ3) is 4.74. The summed E-state index contributed by atoms with van der Waals surface area (Å²) >= 11 is 0. The Bertz CT molecular complexity index is 577. The van der Waals surface area contributed by atoms with E-state index in [2.05, 4.69) is 22.5 Å². The summed E-state index contributed by atoms with van der Waals surface area (Å²) in [7, 11) is 1.37. The molecule has 0 heterocycles. The molecule has 0 atom stereocenters. The molecule has 2 heteroatoms. The highest BCUT2D eigenvalue weighted by molar-refractivity contribution is 5.87. The van der Waals surface area contributed by atoms with E-state index < -0.39 is 0 Å². The van der Waals surface area contributed by atoms with Crippen molar-refractivity contribution in [2.75, 3.05) is 7.11 Å². The van der Waals surface area contributed by atoms with Crippen LogP contribution in [0.25, 0.3) is 0 Å². The van der Waals surface area contributed by atoms with Gasteiger partial charge < -0.3 is 4.74 Å². The number of methoxy groups -OCH3 is 1. The summed E-state index contributed by atoms with van der Waals surface area (Å²) in [6.45, 7) is 1.73. The summed E-state index contributed by atoms with van der Waals surface area (Å²) in [6.07, 6.45) is 8.61. The number of carbonyl (C=O) groups excluding carboxylic acids is 1. The highest BCUT2D eigenvalue weighted by Crippen LogP contribution is 2.05. The lowest BCUT2D eigenvalue weighted by Crippen LogP contribution is -2.00. The van der Waals surface area contributed by atoms with Gasteiger partial charge in [-0.2, -0.15) is 0 Å². The Morgan fingerprint density at radius 2 is 2.05 bits per heavy atom. The van der Waals surface area contributed by atoms with Gasteiger partial charge in [0.2, 0.25) is 0 Å². The third-order valence-corrected chi connectivity index (χ3v) is 2.53. The van der Waals surface area contributed by atoms with Crippen LogP contribution in [0.2, 0.25) is 0 Å². The molecule has 2 nitrogen and oxygen atoms in total. The molecule has 1 rings (SSSR count). The second-order valence-corrected chi connectivity index (χ2v) is 3.91. The summed E-state index contributed by atoms with van der Waals surface area (Å²) in [5, 5.41) is 0. The van der Waals surface area contributed by atoms with E-state index in [1.807, 2.05) is 30.3 Å². The van der Waals surface area contributed by atoms with Crippen molar-refractivity contribution in [2.45, 2.75) is 19.8 Å². The highest BCUT2D eigenvalue weighted by Gasteiger charge is 2.00. The number of hydrogen-bond donors (Lipinski definition) is 0. The quantitative estimate of drug-likeness (QED) is 0.358. The summed E-state index contributed by atoms with van der Waals surface area (Å²) in [5.74, 6) is 8.39. The number of allylic oxidation sites excluding steroid dienone is 1. The van der Waals surface area contributed by atoms with Crippen LogP contribution < -0.4 is 0 Å². The van der Waals surface area contributed by atoms with Gasteiger partial charge in [0, 0.05) is 23.1 Å². The van der Waals surface area contributed by atoms with Crippen LogP contribution in [0.1, 0.15) is 30.9 Å². The van der Waals surface area contributed by atoms with Gasteiger partial charge in [-0.25, -0.2) is 4.79 Å². The van der Waals surface area contributed by atoms with Gasteiger partial charge in [0.1, 0.15) is 0 Å². The van der Waals surface area contributed by atoms with Gasteiger partial charge in [-0.15, -0.1) is 6.42 Å². The lowest BCUT2D eigenvalue weighted by atomic mass is 10.1. The standard InChI is InChI=1S/C17H16O2/c1-4-15-11-8-9-13-16(15)12-7-5-6-10-14(2)17(18)19-3/h1,8-11,13H,5-6H2,2-3H3/b14-10+. The average Bonchev–Trinajstić information content (AvgIpc) is 2.46. The normalized spacial score (nSPS) is 10.1. The first-order chi connectivity index (χ1) is 9.19. The minimum Gasteiger partial charge on any atom is -0.466 e. The molecule has 0 fully saturated rings. The zero-order chi connectivity index (χ0) is 14.1. The molecule has 0 amide bonds. The second-order valence-electron chi connectivity index (χ2n) is 3.91. The van der Waals surface area contributed by atoms with E-state index in [4.69, 9.17) is 6.42 Å². The lowest BCUT2D eigenvalue weighted by molar-refractivity contribution is -0.136. The molecule has 0 unspecified atom stereocenters. The van der Waals surface area contributed by atoms with E-state index in [9.17, 15) is 4.79 Å². The Morgan fingerprint density at radius 3 is 2.68 bits per heavy atom. The SMILES string of the molecule is C#Cc1ccccc1C#CCC/C=C(\C)C(=O)OC. The van der Waals surface area contributed by atoms with Crippen molar-refractivity contribution in [1.82, 2.24) is 0 Å². The molecule has 0 aliphatic heterocycles.